The number of rotatable bonds is 6. The predicted molar refractivity (Wildman–Crippen MR) is 81.1 cm³/mol. The first-order chi connectivity index (χ1) is 12.1. The molecule has 1 aliphatic heterocycles. The van der Waals surface area contributed by atoms with Gasteiger partial charge in [-0.3, -0.25) is 19.2 Å². The van der Waals surface area contributed by atoms with Crippen LogP contribution in [0.25, 0.3) is 10.4 Å². The maximum absolute atomic E-state index is 11.5. The van der Waals surface area contributed by atoms with E-state index in [1.807, 2.05) is 0 Å². The van der Waals surface area contributed by atoms with Crippen LogP contribution in [0.2, 0.25) is 0 Å². The van der Waals surface area contributed by atoms with Crippen LogP contribution in [0.4, 0.5) is 0 Å². The van der Waals surface area contributed by atoms with Crippen molar-refractivity contribution in [3.8, 4) is 0 Å². The van der Waals surface area contributed by atoms with Crippen molar-refractivity contribution in [2.24, 2.45) is 5.11 Å². The molecular formula is C14H19N3O9. The van der Waals surface area contributed by atoms with Crippen molar-refractivity contribution in [3.63, 3.8) is 0 Å². The lowest BCUT2D eigenvalue weighted by Gasteiger charge is -2.43. The van der Waals surface area contributed by atoms with Gasteiger partial charge in [0.15, 0.2) is 24.5 Å². The summed E-state index contributed by atoms with van der Waals surface area (Å²) < 4.78 is 25.6. The SMILES string of the molecule is CC(=O)OC[C@H]1O[C@@H](N=[N+]=[N-])[C@H](OC(C)=O)[C@@H](OC(C)=O)C1OC(C)=O. The third-order valence-corrected chi connectivity index (χ3v) is 3.13. The van der Waals surface area contributed by atoms with Gasteiger partial charge in [-0.1, -0.05) is 5.11 Å². The van der Waals surface area contributed by atoms with Gasteiger partial charge in [0.1, 0.15) is 12.7 Å². The molecule has 0 aromatic heterocycles. The molecule has 12 heteroatoms. The van der Waals surface area contributed by atoms with E-state index in [0.29, 0.717) is 0 Å². The summed E-state index contributed by atoms with van der Waals surface area (Å²) in [6.45, 7) is 4.06. The Kier molecular flexibility index (Phi) is 7.81. The highest BCUT2D eigenvalue weighted by Crippen LogP contribution is 2.29. The molecule has 1 saturated heterocycles. The second-order valence-electron chi connectivity index (χ2n) is 5.29. The number of azide groups is 1. The van der Waals surface area contributed by atoms with Crippen LogP contribution < -0.4 is 0 Å². The lowest BCUT2D eigenvalue weighted by molar-refractivity contribution is -0.251. The zero-order valence-corrected chi connectivity index (χ0v) is 14.6. The first kappa shape index (κ1) is 21.2. The smallest absolute Gasteiger partial charge is 0.303 e. The fourth-order valence-corrected chi connectivity index (χ4v) is 2.35. The average Bonchev–Trinajstić information content (AvgIpc) is 2.50. The third kappa shape index (κ3) is 6.22. The summed E-state index contributed by atoms with van der Waals surface area (Å²) in [5.41, 5.74) is 8.71. The molecule has 5 atom stereocenters. The second kappa shape index (κ2) is 9.59. The number of ether oxygens (including phenoxy) is 5. The molecule has 1 unspecified atom stereocenters. The summed E-state index contributed by atoms with van der Waals surface area (Å²) >= 11 is 0. The van der Waals surface area contributed by atoms with E-state index in [0.717, 1.165) is 27.7 Å². The van der Waals surface area contributed by atoms with Crippen molar-refractivity contribution in [1.29, 1.82) is 0 Å². The normalized spacial score (nSPS) is 27.5. The van der Waals surface area contributed by atoms with Gasteiger partial charge in [-0.25, -0.2) is 0 Å². The quantitative estimate of drug-likeness (QED) is 0.210. The molecule has 0 bridgehead atoms. The Morgan fingerprint density at radius 1 is 0.885 bits per heavy atom. The number of carbonyl (C=O) groups is 4. The monoisotopic (exact) mass is 373 g/mol. The number of nitrogens with zero attached hydrogens (tertiary/aromatic N) is 3. The Balaban J connectivity index is 3.28. The van der Waals surface area contributed by atoms with Crippen LogP contribution in [-0.2, 0) is 42.9 Å². The minimum atomic E-state index is -1.40. The van der Waals surface area contributed by atoms with Gasteiger partial charge >= 0.3 is 23.9 Å². The molecule has 26 heavy (non-hydrogen) atoms. The van der Waals surface area contributed by atoms with E-state index < -0.39 is 54.5 Å². The number of hydrogen-bond donors (Lipinski definition) is 0. The van der Waals surface area contributed by atoms with Gasteiger partial charge in [0, 0.05) is 32.6 Å². The molecule has 1 rings (SSSR count). The Morgan fingerprint density at radius 3 is 1.85 bits per heavy atom. The van der Waals surface area contributed by atoms with Crippen LogP contribution in [0.15, 0.2) is 5.11 Å². The number of carbonyl (C=O) groups excluding carboxylic acids is 4. The van der Waals surface area contributed by atoms with Gasteiger partial charge in [-0.15, -0.1) is 0 Å². The molecule has 0 aromatic rings. The average molecular weight is 373 g/mol. The van der Waals surface area contributed by atoms with Crippen molar-refractivity contribution >= 4 is 23.9 Å². The standard InChI is InChI=1S/C14H19N3O9/c1-6(18)22-5-10-11(23-7(2)19)12(24-8(3)20)13(25-9(4)21)14(26-10)16-17-15/h10-14H,5H2,1-4H3/t10-,11?,12+,13-,14-/m1/s1. The van der Waals surface area contributed by atoms with E-state index in [1.54, 1.807) is 0 Å². The van der Waals surface area contributed by atoms with Crippen LogP contribution in [-0.4, -0.2) is 61.1 Å². The molecule has 0 aliphatic carbocycles. The summed E-state index contributed by atoms with van der Waals surface area (Å²) in [7, 11) is 0. The zero-order chi connectivity index (χ0) is 19.9. The molecule has 0 N–H and O–H groups in total. The van der Waals surface area contributed by atoms with Gasteiger partial charge in [-0.05, 0) is 5.53 Å². The van der Waals surface area contributed by atoms with Crippen LogP contribution in [0.1, 0.15) is 27.7 Å². The summed E-state index contributed by atoms with van der Waals surface area (Å²) in [6, 6.07) is 0. The maximum Gasteiger partial charge on any atom is 0.303 e. The van der Waals surface area contributed by atoms with Gasteiger partial charge in [-0.2, -0.15) is 0 Å². The maximum atomic E-state index is 11.5. The van der Waals surface area contributed by atoms with Crippen LogP contribution in [0.5, 0.6) is 0 Å². The second-order valence-corrected chi connectivity index (χ2v) is 5.29. The van der Waals surface area contributed by atoms with Crippen molar-refractivity contribution in [3.05, 3.63) is 10.4 Å². The highest BCUT2D eigenvalue weighted by atomic mass is 16.7. The summed E-state index contributed by atoms with van der Waals surface area (Å²) in [6.07, 6.45) is -6.52. The fourth-order valence-electron chi connectivity index (χ4n) is 2.35. The molecule has 0 saturated carbocycles. The third-order valence-electron chi connectivity index (χ3n) is 3.13. The Hall–Kier alpha value is -2.85. The van der Waals surface area contributed by atoms with Crippen molar-refractivity contribution < 1.29 is 42.9 Å². The molecular weight excluding hydrogens is 354 g/mol. The van der Waals surface area contributed by atoms with E-state index >= 15 is 0 Å². The molecule has 1 fully saturated rings. The Morgan fingerprint density at radius 2 is 1.38 bits per heavy atom. The van der Waals surface area contributed by atoms with Crippen molar-refractivity contribution in [2.75, 3.05) is 6.61 Å². The predicted octanol–water partition coefficient (Wildman–Crippen LogP) is 0.380. The van der Waals surface area contributed by atoms with Gasteiger partial charge in [0.05, 0.1) is 0 Å². The minimum absolute atomic E-state index is 0.380. The zero-order valence-electron chi connectivity index (χ0n) is 14.6. The molecule has 0 aromatic carbocycles. The first-order valence-corrected chi connectivity index (χ1v) is 7.50. The highest BCUT2D eigenvalue weighted by Gasteiger charge is 2.51. The first-order valence-electron chi connectivity index (χ1n) is 7.50. The minimum Gasteiger partial charge on any atom is -0.463 e. The van der Waals surface area contributed by atoms with E-state index in [4.69, 9.17) is 29.2 Å². The van der Waals surface area contributed by atoms with Crippen molar-refractivity contribution in [1.82, 2.24) is 0 Å². The van der Waals surface area contributed by atoms with E-state index in [1.165, 1.54) is 0 Å². The molecule has 1 heterocycles. The molecule has 1 aliphatic rings. The molecule has 12 nitrogen and oxygen atoms in total. The van der Waals surface area contributed by atoms with Crippen LogP contribution in [0.3, 0.4) is 0 Å². The topological polar surface area (TPSA) is 163 Å². The molecule has 0 spiro atoms. The van der Waals surface area contributed by atoms with Crippen LogP contribution >= 0.6 is 0 Å². The van der Waals surface area contributed by atoms with Gasteiger partial charge < -0.3 is 23.7 Å². The number of hydrogen-bond acceptors (Lipinski definition) is 10. The van der Waals surface area contributed by atoms with Crippen LogP contribution in [0, 0.1) is 0 Å². The lowest BCUT2D eigenvalue weighted by atomic mass is 9.97. The van der Waals surface area contributed by atoms with Crippen molar-refractivity contribution in [2.45, 2.75) is 58.3 Å². The summed E-state index contributed by atoms with van der Waals surface area (Å²) in [4.78, 5) is 48.0. The largest absolute Gasteiger partial charge is 0.463 e. The van der Waals surface area contributed by atoms with E-state index in [2.05, 4.69) is 10.0 Å². The fraction of sp³-hybridized carbons (Fsp3) is 0.714. The molecule has 0 radical (unpaired) electrons. The Bertz CT molecular complexity index is 617. The molecule has 144 valence electrons. The van der Waals surface area contributed by atoms with E-state index in [-0.39, 0.29) is 6.61 Å². The summed E-state index contributed by atoms with van der Waals surface area (Å²) in [5, 5.41) is 3.38. The highest BCUT2D eigenvalue weighted by molar-refractivity contribution is 5.68. The van der Waals surface area contributed by atoms with Gasteiger partial charge in [0.2, 0.25) is 0 Å². The molecule has 0 amide bonds. The summed E-state index contributed by atoms with van der Waals surface area (Å²) in [5.74, 6) is -2.92. The number of esters is 4. The van der Waals surface area contributed by atoms with Gasteiger partial charge in [0.25, 0.3) is 0 Å². The van der Waals surface area contributed by atoms with E-state index in [9.17, 15) is 19.2 Å². The lowest BCUT2D eigenvalue weighted by Crippen LogP contribution is -2.61. The Labute approximate surface area is 148 Å².